The quantitative estimate of drug-likeness (QED) is 0.0197. The number of allylic oxidation sites excluding steroid dienone is 2. The molecule has 0 aromatic heterocycles. The minimum absolute atomic E-state index is 0.0299. The Labute approximate surface area is 380 Å². The van der Waals surface area contributed by atoms with Crippen molar-refractivity contribution < 1.29 is 37.3 Å². The zero-order valence-electron chi connectivity index (χ0n) is 41.4. The number of rotatable bonds is 50. The Bertz CT molecular complexity index is 987. The Morgan fingerprint density at radius 2 is 0.852 bits per heavy atom. The molecule has 364 valence electrons. The summed E-state index contributed by atoms with van der Waals surface area (Å²) in [4.78, 5) is 25.1. The van der Waals surface area contributed by atoms with Gasteiger partial charge in [0.25, 0.3) is 7.82 Å². The molecule has 0 aromatic carbocycles. The lowest BCUT2D eigenvalue weighted by atomic mass is 10.0. The van der Waals surface area contributed by atoms with Crippen LogP contribution in [0.3, 0.4) is 0 Å². The third kappa shape index (κ3) is 50.1. The number of carbonyl (C=O) groups is 1. The van der Waals surface area contributed by atoms with Crippen LogP contribution < -0.4 is 4.89 Å². The molecule has 0 heterocycles. The predicted octanol–water partition coefficient (Wildman–Crippen LogP) is 15.5. The van der Waals surface area contributed by atoms with Crippen molar-refractivity contribution in [3.05, 3.63) is 12.2 Å². The molecule has 9 heteroatoms. The van der Waals surface area contributed by atoms with Crippen molar-refractivity contribution in [2.45, 2.75) is 264 Å². The summed E-state index contributed by atoms with van der Waals surface area (Å²) in [5.41, 5.74) is 0. The fourth-order valence-corrected chi connectivity index (χ4v) is 8.45. The van der Waals surface area contributed by atoms with E-state index in [2.05, 4.69) is 26.0 Å². The van der Waals surface area contributed by atoms with E-state index in [1.165, 1.54) is 205 Å². The summed E-state index contributed by atoms with van der Waals surface area (Å²) < 4.78 is 34.8. The van der Waals surface area contributed by atoms with Gasteiger partial charge in [-0.15, -0.1) is 0 Å². The van der Waals surface area contributed by atoms with Crippen LogP contribution in [0.5, 0.6) is 0 Å². The molecule has 0 rings (SSSR count). The third-order valence-corrected chi connectivity index (χ3v) is 12.8. The average molecular weight is 886 g/mol. The molecule has 0 N–H and O–H groups in total. The van der Waals surface area contributed by atoms with Gasteiger partial charge in [-0.05, 0) is 38.5 Å². The minimum atomic E-state index is -4.52. The van der Waals surface area contributed by atoms with Crippen molar-refractivity contribution in [3.8, 4) is 0 Å². The van der Waals surface area contributed by atoms with Gasteiger partial charge in [0.05, 0.1) is 34.4 Å². The molecular formula is C52H104NO7P. The number of unbranched alkanes of at least 4 members (excludes halogenated alkanes) is 34. The zero-order chi connectivity index (χ0) is 44.8. The molecule has 0 spiro atoms. The fourth-order valence-electron chi connectivity index (χ4n) is 7.72. The molecule has 8 nitrogen and oxygen atoms in total. The zero-order valence-corrected chi connectivity index (χ0v) is 42.3. The molecule has 0 aliphatic heterocycles. The van der Waals surface area contributed by atoms with Gasteiger partial charge in [-0.25, -0.2) is 0 Å². The van der Waals surface area contributed by atoms with Crippen molar-refractivity contribution in [3.63, 3.8) is 0 Å². The first kappa shape index (κ1) is 60.2. The van der Waals surface area contributed by atoms with Gasteiger partial charge >= 0.3 is 5.97 Å². The van der Waals surface area contributed by atoms with Gasteiger partial charge in [0, 0.05) is 13.0 Å². The van der Waals surface area contributed by atoms with E-state index in [0.717, 1.165) is 32.1 Å². The summed E-state index contributed by atoms with van der Waals surface area (Å²) in [6.07, 6.45) is 52.4. The first-order valence-corrected chi connectivity index (χ1v) is 27.9. The molecule has 0 saturated heterocycles. The lowest BCUT2D eigenvalue weighted by molar-refractivity contribution is -0.870. The van der Waals surface area contributed by atoms with Gasteiger partial charge in [0.2, 0.25) is 0 Å². The molecule has 0 radical (unpaired) electrons. The highest BCUT2D eigenvalue weighted by Gasteiger charge is 2.20. The predicted molar refractivity (Wildman–Crippen MR) is 259 cm³/mol. The smallest absolute Gasteiger partial charge is 0.306 e. The standard InChI is InChI=1S/C52H104NO7P/c1-6-8-10-12-14-16-18-20-22-23-24-25-26-27-28-29-30-32-34-36-38-40-42-44-47-57-49-51(50-59-61(55,56)58-48-46-53(3,4)5)60-52(54)45-43-41-39-37-35-33-31-21-19-17-15-13-11-9-7-2/h23-24,51H,6-22,25-50H2,1-5H3/b24-23-. The van der Waals surface area contributed by atoms with E-state index in [-0.39, 0.29) is 25.8 Å². The van der Waals surface area contributed by atoms with Crippen LogP contribution in [0.1, 0.15) is 258 Å². The molecule has 0 aliphatic carbocycles. The maximum Gasteiger partial charge on any atom is 0.306 e. The number of ether oxygens (including phenoxy) is 2. The number of phosphoric acid groups is 1. The van der Waals surface area contributed by atoms with Crippen LogP contribution in [0, 0.1) is 0 Å². The van der Waals surface area contributed by atoms with Crippen molar-refractivity contribution >= 4 is 13.8 Å². The number of phosphoric ester groups is 1. The van der Waals surface area contributed by atoms with Crippen LogP contribution in [0.4, 0.5) is 0 Å². The van der Waals surface area contributed by atoms with E-state index in [9.17, 15) is 14.3 Å². The van der Waals surface area contributed by atoms with Gasteiger partial charge in [-0.3, -0.25) is 9.36 Å². The lowest BCUT2D eigenvalue weighted by Crippen LogP contribution is -2.37. The van der Waals surface area contributed by atoms with Crippen molar-refractivity contribution in [2.24, 2.45) is 0 Å². The number of esters is 1. The number of likely N-dealkylation sites (N-methyl/N-ethyl adjacent to an activating group) is 1. The van der Waals surface area contributed by atoms with Gasteiger partial charge < -0.3 is 27.9 Å². The minimum Gasteiger partial charge on any atom is -0.756 e. The van der Waals surface area contributed by atoms with Crippen molar-refractivity contribution in [1.82, 2.24) is 0 Å². The maximum atomic E-state index is 12.7. The normalized spacial score (nSPS) is 13.6. The Hall–Kier alpha value is -0.760. The SMILES string of the molecule is CCCCCCCCCC/C=C\CCCCCCCCCCCCCCOCC(COP(=O)([O-])OCC[N+](C)(C)C)OC(=O)CCCCCCCCCCCCCCCCC. The Morgan fingerprint density at radius 1 is 0.492 bits per heavy atom. The highest BCUT2D eigenvalue weighted by atomic mass is 31.2. The van der Waals surface area contributed by atoms with Gasteiger partial charge in [0.15, 0.2) is 0 Å². The molecule has 0 amide bonds. The maximum absolute atomic E-state index is 12.7. The molecule has 2 unspecified atom stereocenters. The van der Waals surface area contributed by atoms with Crippen molar-refractivity contribution in [2.75, 3.05) is 54.1 Å². The molecule has 0 aliphatic rings. The lowest BCUT2D eigenvalue weighted by Gasteiger charge is -2.28. The van der Waals surface area contributed by atoms with Crippen LogP contribution in [-0.2, 0) is 27.9 Å². The second-order valence-corrected chi connectivity index (χ2v) is 20.7. The molecule has 0 saturated carbocycles. The molecule has 61 heavy (non-hydrogen) atoms. The second kappa shape index (κ2) is 45.8. The van der Waals surface area contributed by atoms with Crippen LogP contribution >= 0.6 is 7.82 Å². The van der Waals surface area contributed by atoms with Crippen LogP contribution in [0.2, 0.25) is 0 Å². The van der Waals surface area contributed by atoms with Crippen molar-refractivity contribution in [1.29, 1.82) is 0 Å². The molecular weight excluding hydrogens is 782 g/mol. The third-order valence-electron chi connectivity index (χ3n) is 11.8. The Morgan fingerprint density at radius 3 is 1.25 bits per heavy atom. The first-order chi connectivity index (χ1) is 29.6. The van der Waals surface area contributed by atoms with Gasteiger partial charge in [-0.1, -0.05) is 225 Å². The molecule has 0 bridgehead atoms. The number of nitrogens with zero attached hydrogens (tertiary/aromatic N) is 1. The average Bonchev–Trinajstić information content (AvgIpc) is 3.22. The number of hydrogen-bond acceptors (Lipinski definition) is 7. The van der Waals surface area contributed by atoms with Crippen LogP contribution in [0.25, 0.3) is 0 Å². The summed E-state index contributed by atoms with van der Waals surface area (Å²) in [5, 5.41) is 0. The Kier molecular flexibility index (Phi) is 45.2. The van der Waals surface area contributed by atoms with Crippen LogP contribution in [-0.4, -0.2) is 70.7 Å². The monoisotopic (exact) mass is 886 g/mol. The highest BCUT2D eigenvalue weighted by molar-refractivity contribution is 7.45. The van der Waals surface area contributed by atoms with E-state index in [1.54, 1.807) is 0 Å². The summed E-state index contributed by atoms with van der Waals surface area (Å²) in [5.74, 6) is -0.328. The van der Waals surface area contributed by atoms with E-state index in [4.69, 9.17) is 18.5 Å². The summed E-state index contributed by atoms with van der Waals surface area (Å²) >= 11 is 0. The summed E-state index contributed by atoms with van der Waals surface area (Å²) in [6, 6.07) is 0. The summed E-state index contributed by atoms with van der Waals surface area (Å²) in [6.45, 7) is 5.47. The van der Waals surface area contributed by atoms with E-state index < -0.39 is 13.9 Å². The molecule has 0 aromatic rings. The topological polar surface area (TPSA) is 94.1 Å². The van der Waals surface area contributed by atoms with Crippen LogP contribution in [0.15, 0.2) is 12.2 Å². The fraction of sp³-hybridized carbons (Fsp3) is 0.942. The number of hydrogen-bond donors (Lipinski definition) is 0. The van der Waals surface area contributed by atoms with E-state index >= 15 is 0 Å². The van der Waals surface area contributed by atoms with Gasteiger partial charge in [0.1, 0.15) is 19.3 Å². The largest absolute Gasteiger partial charge is 0.756 e. The second-order valence-electron chi connectivity index (χ2n) is 19.2. The molecule has 2 atom stereocenters. The van der Waals surface area contributed by atoms with E-state index in [0.29, 0.717) is 24.1 Å². The Balaban J connectivity index is 4.04. The van der Waals surface area contributed by atoms with E-state index in [1.807, 2.05) is 21.1 Å². The first-order valence-electron chi connectivity index (χ1n) is 26.4. The number of carbonyl (C=O) groups excluding carboxylic acids is 1. The summed E-state index contributed by atoms with van der Waals surface area (Å²) in [7, 11) is 1.37. The highest BCUT2D eigenvalue weighted by Crippen LogP contribution is 2.38. The number of quaternary nitrogens is 1. The van der Waals surface area contributed by atoms with Gasteiger partial charge in [-0.2, -0.15) is 0 Å². The molecule has 0 fully saturated rings.